The van der Waals surface area contributed by atoms with Crippen LogP contribution in [0.2, 0.25) is 0 Å². The van der Waals surface area contributed by atoms with Crippen molar-refractivity contribution in [2.75, 3.05) is 19.5 Å². The maximum absolute atomic E-state index is 5.76. The molecule has 1 heterocycles. The average Bonchev–Trinajstić information content (AvgIpc) is 2.46. The van der Waals surface area contributed by atoms with E-state index in [0.29, 0.717) is 6.61 Å². The first-order chi connectivity index (χ1) is 9.22. The molecule has 0 saturated heterocycles. The number of anilines is 1. The van der Waals surface area contributed by atoms with Crippen LogP contribution in [0, 0.1) is 6.92 Å². The molecule has 0 unspecified atom stereocenters. The van der Waals surface area contributed by atoms with Gasteiger partial charge in [-0.25, -0.2) is 4.98 Å². The third-order valence-electron chi connectivity index (χ3n) is 2.79. The van der Waals surface area contributed by atoms with E-state index in [1.807, 2.05) is 44.3 Å². The quantitative estimate of drug-likeness (QED) is 0.895. The van der Waals surface area contributed by atoms with E-state index in [2.05, 4.69) is 10.3 Å². The van der Waals surface area contributed by atoms with Crippen LogP contribution in [0.4, 0.5) is 5.82 Å². The van der Waals surface area contributed by atoms with Crippen molar-refractivity contribution in [1.29, 1.82) is 0 Å². The predicted octanol–water partition coefficient (Wildman–Crippen LogP) is 3.02. The van der Waals surface area contributed by atoms with Crippen LogP contribution < -0.4 is 14.8 Å². The van der Waals surface area contributed by atoms with Gasteiger partial charge in [0.1, 0.15) is 12.4 Å². The number of methoxy groups -OCH3 is 1. The molecule has 0 spiro atoms. The van der Waals surface area contributed by atoms with Crippen molar-refractivity contribution < 1.29 is 9.47 Å². The lowest BCUT2D eigenvalue weighted by Gasteiger charge is -2.11. The highest BCUT2D eigenvalue weighted by atomic mass is 16.5. The third-order valence-corrected chi connectivity index (χ3v) is 2.79. The molecule has 0 fully saturated rings. The first-order valence-corrected chi connectivity index (χ1v) is 6.13. The van der Waals surface area contributed by atoms with Gasteiger partial charge in [-0.05, 0) is 30.7 Å². The second kappa shape index (κ2) is 6.09. The molecule has 2 rings (SSSR count). The van der Waals surface area contributed by atoms with Crippen molar-refractivity contribution in [1.82, 2.24) is 4.98 Å². The standard InChI is InChI=1S/C15H18N2O2/c1-11-4-6-13(14(8-11)18-3)19-10-12-5-7-15(16-2)17-9-12/h4-9H,10H2,1-3H3,(H,16,17). The molecule has 0 aliphatic rings. The Balaban J connectivity index is 2.05. The molecule has 0 saturated carbocycles. The lowest BCUT2D eigenvalue weighted by atomic mass is 10.2. The summed E-state index contributed by atoms with van der Waals surface area (Å²) >= 11 is 0. The third kappa shape index (κ3) is 3.37. The minimum Gasteiger partial charge on any atom is -0.493 e. The van der Waals surface area contributed by atoms with Crippen LogP contribution in [0.15, 0.2) is 36.5 Å². The molecular weight excluding hydrogens is 240 g/mol. The number of aromatic nitrogens is 1. The van der Waals surface area contributed by atoms with Crippen molar-refractivity contribution in [3.05, 3.63) is 47.7 Å². The number of nitrogens with one attached hydrogen (secondary N) is 1. The summed E-state index contributed by atoms with van der Waals surface area (Å²) in [4.78, 5) is 4.24. The number of aryl methyl sites for hydroxylation is 1. The van der Waals surface area contributed by atoms with E-state index in [-0.39, 0.29) is 0 Å². The number of benzene rings is 1. The van der Waals surface area contributed by atoms with Gasteiger partial charge >= 0.3 is 0 Å². The summed E-state index contributed by atoms with van der Waals surface area (Å²) in [6.07, 6.45) is 1.80. The molecule has 2 aromatic rings. The fraction of sp³-hybridized carbons (Fsp3) is 0.267. The van der Waals surface area contributed by atoms with Crippen LogP contribution in [0.5, 0.6) is 11.5 Å². The maximum Gasteiger partial charge on any atom is 0.161 e. The maximum atomic E-state index is 5.76. The largest absolute Gasteiger partial charge is 0.493 e. The van der Waals surface area contributed by atoms with Crippen molar-refractivity contribution in [2.45, 2.75) is 13.5 Å². The fourth-order valence-corrected chi connectivity index (χ4v) is 1.71. The second-order valence-corrected chi connectivity index (χ2v) is 4.24. The Morgan fingerprint density at radius 3 is 2.63 bits per heavy atom. The fourth-order valence-electron chi connectivity index (χ4n) is 1.71. The Labute approximate surface area is 113 Å². The Morgan fingerprint density at radius 1 is 1.16 bits per heavy atom. The summed E-state index contributed by atoms with van der Waals surface area (Å²) in [5, 5.41) is 2.98. The summed E-state index contributed by atoms with van der Waals surface area (Å²) in [5.41, 5.74) is 2.16. The Hall–Kier alpha value is -2.23. The first-order valence-electron chi connectivity index (χ1n) is 6.13. The van der Waals surface area contributed by atoms with E-state index in [1.54, 1.807) is 13.3 Å². The molecule has 0 aliphatic carbocycles. The molecule has 1 aromatic heterocycles. The SMILES string of the molecule is CNc1ccc(COc2ccc(C)cc2OC)cn1. The van der Waals surface area contributed by atoms with Gasteiger partial charge in [0.05, 0.1) is 7.11 Å². The van der Waals surface area contributed by atoms with Gasteiger partial charge in [-0.2, -0.15) is 0 Å². The van der Waals surface area contributed by atoms with Crippen LogP contribution in [0.1, 0.15) is 11.1 Å². The topological polar surface area (TPSA) is 43.4 Å². The molecule has 0 bridgehead atoms. The minimum absolute atomic E-state index is 0.469. The van der Waals surface area contributed by atoms with E-state index in [4.69, 9.17) is 9.47 Å². The Morgan fingerprint density at radius 2 is 2.00 bits per heavy atom. The van der Waals surface area contributed by atoms with E-state index < -0.39 is 0 Å². The number of hydrogen-bond acceptors (Lipinski definition) is 4. The van der Waals surface area contributed by atoms with Crippen molar-refractivity contribution in [3.8, 4) is 11.5 Å². The average molecular weight is 258 g/mol. The van der Waals surface area contributed by atoms with E-state index in [1.165, 1.54) is 0 Å². The highest BCUT2D eigenvalue weighted by Gasteiger charge is 2.04. The van der Waals surface area contributed by atoms with Gasteiger partial charge in [0, 0.05) is 18.8 Å². The van der Waals surface area contributed by atoms with E-state index in [0.717, 1.165) is 28.4 Å². The van der Waals surface area contributed by atoms with Gasteiger partial charge in [-0.3, -0.25) is 0 Å². The Bertz CT molecular complexity index is 538. The van der Waals surface area contributed by atoms with Crippen molar-refractivity contribution in [2.24, 2.45) is 0 Å². The van der Waals surface area contributed by atoms with Crippen LogP contribution in [-0.4, -0.2) is 19.1 Å². The van der Waals surface area contributed by atoms with Gasteiger partial charge in [-0.15, -0.1) is 0 Å². The first kappa shape index (κ1) is 13.2. The van der Waals surface area contributed by atoms with Crippen LogP contribution in [0.3, 0.4) is 0 Å². The van der Waals surface area contributed by atoms with Gasteiger partial charge in [0.25, 0.3) is 0 Å². The minimum atomic E-state index is 0.469. The van der Waals surface area contributed by atoms with Gasteiger partial charge in [0.2, 0.25) is 0 Å². The Kier molecular flexibility index (Phi) is 4.23. The molecule has 0 atom stereocenters. The van der Waals surface area contributed by atoms with Crippen LogP contribution in [0.25, 0.3) is 0 Å². The van der Waals surface area contributed by atoms with Crippen LogP contribution in [-0.2, 0) is 6.61 Å². The molecule has 100 valence electrons. The zero-order valence-corrected chi connectivity index (χ0v) is 11.4. The summed E-state index contributed by atoms with van der Waals surface area (Å²) in [6.45, 7) is 2.49. The van der Waals surface area contributed by atoms with E-state index >= 15 is 0 Å². The molecular formula is C15H18N2O2. The monoisotopic (exact) mass is 258 g/mol. The van der Waals surface area contributed by atoms with Gasteiger partial charge in [-0.1, -0.05) is 12.1 Å². The number of nitrogens with zero attached hydrogens (tertiary/aromatic N) is 1. The van der Waals surface area contributed by atoms with Crippen LogP contribution >= 0.6 is 0 Å². The lowest BCUT2D eigenvalue weighted by molar-refractivity contribution is 0.284. The van der Waals surface area contributed by atoms with E-state index in [9.17, 15) is 0 Å². The van der Waals surface area contributed by atoms with Gasteiger partial charge < -0.3 is 14.8 Å². The van der Waals surface area contributed by atoms with Crippen molar-refractivity contribution in [3.63, 3.8) is 0 Å². The molecule has 4 heteroatoms. The molecule has 0 amide bonds. The summed E-state index contributed by atoms with van der Waals surface area (Å²) in [7, 11) is 3.49. The molecule has 1 N–H and O–H groups in total. The number of hydrogen-bond donors (Lipinski definition) is 1. The summed E-state index contributed by atoms with van der Waals surface area (Å²) < 4.78 is 11.1. The molecule has 1 aromatic carbocycles. The second-order valence-electron chi connectivity index (χ2n) is 4.24. The van der Waals surface area contributed by atoms with Crippen molar-refractivity contribution >= 4 is 5.82 Å². The highest BCUT2D eigenvalue weighted by molar-refractivity contribution is 5.42. The zero-order valence-electron chi connectivity index (χ0n) is 11.4. The number of ether oxygens (including phenoxy) is 2. The lowest BCUT2D eigenvalue weighted by Crippen LogP contribution is -1.99. The number of pyridine rings is 1. The normalized spacial score (nSPS) is 10.1. The molecule has 19 heavy (non-hydrogen) atoms. The molecule has 0 radical (unpaired) electrons. The predicted molar refractivity (Wildman–Crippen MR) is 75.8 cm³/mol. The summed E-state index contributed by atoms with van der Waals surface area (Å²) in [6, 6.07) is 9.78. The summed E-state index contributed by atoms with van der Waals surface area (Å²) in [5.74, 6) is 2.34. The zero-order chi connectivity index (χ0) is 13.7. The van der Waals surface area contributed by atoms with Gasteiger partial charge in [0.15, 0.2) is 11.5 Å². The highest BCUT2D eigenvalue weighted by Crippen LogP contribution is 2.28. The molecule has 4 nitrogen and oxygen atoms in total. The smallest absolute Gasteiger partial charge is 0.161 e. The number of rotatable bonds is 5. The molecule has 0 aliphatic heterocycles.